The van der Waals surface area contributed by atoms with Crippen LogP contribution in [0.4, 0.5) is 10.5 Å². The molecule has 0 unspecified atom stereocenters. The predicted octanol–water partition coefficient (Wildman–Crippen LogP) is 2.35. The van der Waals surface area contributed by atoms with Crippen molar-refractivity contribution in [1.29, 1.82) is 0 Å². The van der Waals surface area contributed by atoms with Crippen molar-refractivity contribution in [2.24, 2.45) is 0 Å². The molecule has 0 bridgehead atoms. The van der Waals surface area contributed by atoms with Crippen molar-refractivity contribution in [3.8, 4) is 0 Å². The summed E-state index contributed by atoms with van der Waals surface area (Å²) >= 11 is 1.58. The SMILES string of the molecule is Cc1ncc(CNC(=O)NC2CCN(CC(=O)Nc3ccccc3)CC2)s1. The molecule has 2 heterocycles. The highest BCUT2D eigenvalue weighted by Crippen LogP contribution is 2.12. The van der Waals surface area contributed by atoms with E-state index >= 15 is 0 Å². The first kappa shape index (κ1) is 19.3. The summed E-state index contributed by atoms with van der Waals surface area (Å²) in [7, 11) is 0. The van der Waals surface area contributed by atoms with Crippen LogP contribution in [0.5, 0.6) is 0 Å². The third-order valence-corrected chi connectivity index (χ3v) is 5.35. The Balaban J connectivity index is 1.33. The molecule has 1 saturated heterocycles. The number of aromatic nitrogens is 1. The summed E-state index contributed by atoms with van der Waals surface area (Å²) in [4.78, 5) is 31.5. The van der Waals surface area contributed by atoms with E-state index < -0.39 is 0 Å². The summed E-state index contributed by atoms with van der Waals surface area (Å²) in [6, 6.07) is 9.45. The molecule has 1 aromatic heterocycles. The quantitative estimate of drug-likeness (QED) is 0.710. The van der Waals surface area contributed by atoms with Crippen LogP contribution < -0.4 is 16.0 Å². The molecule has 3 amide bonds. The molecular weight excluding hydrogens is 362 g/mol. The van der Waals surface area contributed by atoms with E-state index in [0.717, 1.165) is 41.5 Å². The molecule has 0 aliphatic carbocycles. The van der Waals surface area contributed by atoms with Crippen LogP contribution in [0.2, 0.25) is 0 Å². The first-order chi connectivity index (χ1) is 13.1. The molecular formula is C19H25N5O2S. The molecule has 1 aliphatic rings. The van der Waals surface area contributed by atoms with E-state index in [1.54, 1.807) is 17.5 Å². The second kappa shape index (κ2) is 9.48. The third-order valence-electron chi connectivity index (χ3n) is 4.44. The minimum Gasteiger partial charge on any atom is -0.335 e. The zero-order valence-corrected chi connectivity index (χ0v) is 16.2. The summed E-state index contributed by atoms with van der Waals surface area (Å²) in [5.41, 5.74) is 0.812. The van der Waals surface area contributed by atoms with Crippen molar-refractivity contribution < 1.29 is 9.59 Å². The van der Waals surface area contributed by atoms with Gasteiger partial charge in [0.05, 0.1) is 18.1 Å². The maximum Gasteiger partial charge on any atom is 0.315 e. The van der Waals surface area contributed by atoms with Crippen molar-refractivity contribution >= 4 is 29.0 Å². The Morgan fingerprint density at radius 1 is 1.22 bits per heavy atom. The fourth-order valence-corrected chi connectivity index (χ4v) is 3.79. The normalized spacial score (nSPS) is 15.3. The number of thiazole rings is 1. The second-order valence-electron chi connectivity index (χ2n) is 6.64. The zero-order valence-electron chi connectivity index (χ0n) is 15.4. The van der Waals surface area contributed by atoms with Gasteiger partial charge in [-0.3, -0.25) is 9.69 Å². The lowest BCUT2D eigenvalue weighted by molar-refractivity contribution is -0.117. The highest BCUT2D eigenvalue weighted by molar-refractivity contribution is 7.11. The number of urea groups is 1. The number of carbonyl (C=O) groups excluding carboxylic acids is 2. The van der Waals surface area contributed by atoms with Gasteiger partial charge in [0.2, 0.25) is 5.91 Å². The number of hydrogen-bond donors (Lipinski definition) is 3. The van der Waals surface area contributed by atoms with Crippen LogP contribution in [-0.4, -0.2) is 47.5 Å². The van der Waals surface area contributed by atoms with E-state index in [2.05, 4.69) is 25.8 Å². The number of likely N-dealkylation sites (tertiary alicyclic amines) is 1. The topological polar surface area (TPSA) is 86.4 Å². The molecule has 144 valence electrons. The number of rotatable bonds is 6. The van der Waals surface area contributed by atoms with Crippen molar-refractivity contribution in [3.05, 3.63) is 46.4 Å². The monoisotopic (exact) mass is 387 g/mol. The number of nitrogens with one attached hydrogen (secondary N) is 3. The van der Waals surface area contributed by atoms with Gasteiger partial charge in [-0.05, 0) is 31.9 Å². The highest BCUT2D eigenvalue weighted by atomic mass is 32.1. The van der Waals surface area contributed by atoms with Crippen molar-refractivity contribution in [2.45, 2.75) is 32.4 Å². The number of piperidine rings is 1. The molecule has 3 N–H and O–H groups in total. The molecule has 1 aliphatic heterocycles. The number of aryl methyl sites for hydroxylation is 1. The molecule has 1 aromatic carbocycles. The Labute approximate surface area is 163 Å². The Kier molecular flexibility index (Phi) is 6.78. The number of anilines is 1. The van der Waals surface area contributed by atoms with Crippen LogP contribution in [0.1, 0.15) is 22.7 Å². The van der Waals surface area contributed by atoms with Crippen LogP contribution in [0.25, 0.3) is 0 Å². The number of carbonyl (C=O) groups is 2. The lowest BCUT2D eigenvalue weighted by Crippen LogP contribution is -2.48. The van der Waals surface area contributed by atoms with Gasteiger partial charge < -0.3 is 16.0 Å². The summed E-state index contributed by atoms with van der Waals surface area (Å²) in [6.45, 7) is 4.40. The number of amides is 3. The molecule has 1 fully saturated rings. The van der Waals surface area contributed by atoms with Crippen LogP contribution in [0, 0.1) is 6.92 Å². The number of hydrogen-bond acceptors (Lipinski definition) is 5. The van der Waals surface area contributed by atoms with Gasteiger partial charge in [0.25, 0.3) is 0 Å². The smallest absolute Gasteiger partial charge is 0.315 e. The van der Waals surface area contributed by atoms with E-state index in [1.165, 1.54) is 0 Å². The largest absolute Gasteiger partial charge is 0.335 e. The Bertz CT molecular complexity index is 756. The van der Waals surface area contributed by atoms with Crippen molar-refractivity contribution in [1.82, 2.24) is 20.5 Å². The Hall–Kier alpha value is -2.45. The average Bonchev–Trinajstić information content (AvgIpc) is 3.08. The highest BCUT2D eigenvalue weighted by Gasteiger charge is 2.22. The molecule has 0 saturated carbocycles. The molecule has 3 rings (SSSR count). The number of para-hydroxylation sites is 1. The average molecular weight is 388 g/mol. The van der Waals surface area contributed by atoms with E-state index in [0.29, 0.717) is 13.1 Å². The maximum atomic E-state index is 12.1. The Morgan fingerprint density at radius 2 is 1.96 bits per heavy atom. The first-order valence-corrected chi connectivity index (χ1v) is 9.93. The fraction of sp³-hybridized carbons (Fsp3) is 0.421. The molecule has 7 nitrogen and oxygen atoms in total. The standard InChI is InChI=1S/C19H25N5O2S/c1-14-20-11-17(27-14)12-21-19(26)23-16-7-9-24(10-8-16)13-18(25)22-15-5-3-2-4-6-15/h2-6,11,16H,7-10,12-13H2,1H3,(H,22,25)(H2,21,23,26). The summed E-state index contributed by atoms with van der Waals surface area (Å²) < 4.78 is 0. The van der Waals surface area contributed by atoms with Crippen LogP contribution in [0.3, 0.4) is 0 Å². The molecule has 0 atom stereocenters. The summed E-state index contributed by atoms with van der Waals surface area (Å²) in [6.07, 6.45) is 3.47. The van der Waals surface area contributed by atoms with Gasteiger partial charge in [0, 0.05) is 35.9 Å². The summed E-state index contributed by atoms with van der Waals surface area (Å²) in [5, 5.41) is 9.79. The third kappa shape index (κ3) is 6.33. The minimum absolute atomic E-state index is 0.00907. The zero-order chi connectivity index (χ0) is 19.1. The van der Waals surface area contributed by atoms with Crippen LogP contribution in [-0.2, 0) is 11.3 Å². The fourth-order valence-electron chi connectivity index (χ4n) is 3.05. The van der Waals surface area contributed by atoms with Crippen molar-refractivity contribution in [2.75, 3.05) is 25.0 Å². The lowest BCUT2D eigenvalue weighted by Gasteiger charge is -2.31. The maximum absolute atomic E-state index is 12.1. The summed E-state index contributed by atoms with van der Waals surface area (Å²) in [5.74, 6) is -0.00907. The van der Waals surface area contributed by atoms with Crippen LogP contribution in [0.15, 0.2) is 36.5 Å². The van der Waals surface area contributed by atoms with Gasteiger partial charge in [0.15, 0.2) is 0 Å². The van der Waals surface area contributed by atoms with Gasteiger partial charge in [-0.15, -0.1) is 11.3 Å². The predicted molar refractivity (Wildman–Crippen MR) is 107 cm³/mol. The van der Waals surface area contributed by atoms with E-state index in [9.17, 15) is 9.59 Å². The van der Waals surface area contributed by atoms with E-state index in [-0.39, 0.29) is 18.0 Å². The van der Waals surface area contributed by atoms with Gasteiger partial charge >= 0.3 is 6.03 Å². The molecule has 8 heteroatoms. The minimum atomic E-state index is -0.152. The number of benzene rings is 1. The van der Waals surface area contributed by atoms with Gasteiger partial charge in [-0.25, -0.2) is 9.78 Å². The molecule has 2 aromatic rings. The first-order valence-electron chi connectivity index (χ1n) is 9.11. The lowest BCUT2D eigenvalue weighted by atomic mass is 10.1. The molecule has 27 heavy (non-hydrogen) atoms. The number of nitrogens with zero attached hydrogens (tertiary/aromatic N) is 2. The van der Waals surface area contributed by atoms with E-state index in [1.807, 2.05) is 37.3 Å². The molecule has 0 spiro atoms. The molecule has 0 radical (unpaired) electrons. The Morgan fingerprint density at radius 3 is 2.63 bits per heavy atom. The van der Waals surface area contributed by atoms with Crippen LogP contribution >= 0.6 is 11.3 Å². The van der Waals surface area contributed by atoms with E-state index in [4.69, 9.17) is 0 Å². The van der Waals surface area contributed by atoms with Crippen molar-refractivity contribution in [3.63, 3.8) is 0 Å². The second-order valence-corrected chi connectivity index (χ2v) is 7.96. The van der Waals surface area contributed by atoms with Gasteiger partial charge in [0.1, 0.15) is 0 Å². The van der Waals surface area contributed by atoms with Gasteiger partial charge in [-0.1, -0.05) is 18.2 Å². The van der Waals surface area contributed by atoms with Gasteiger partial charge in [-0.2, -0.15) is 0 Å².